The second-order valence-corrected chi connectivity index (χ2v) is 11.2. The molecular weight excluding hydrogens is 495 g/mol. The zero-order chi connectivity index (χ0) is 28.1. The zero-order valence-electron chi connectivity index (χ0n) is 23.4. The Morgan fingerprint density at radius 3 is 2.28 bits per heavy atom. The standard InChI is InChI=1S/C30H35FN6O2/c1-19-15-23(21-7-8-25(24(31)16-21)37-14-9-34(6)29(37)39)28(38)27(33-19)22-17-26(20(2)32-18-22)35-10-12-36(13-11-35)30(3,4)5/h7-9,14-18,38H,10-13H2,1-6H3. The van der Waals surface area contributed by atoms with Crippen molar-refractivity contribution in [1.82, 2.24) is 24.0 Å². The third-order valence-corrected chi connectivity index (χ3v) is 7.49. The van der Waals surface area contributed by atoms with E-state index in [1.54, 1.807) is 37.6 Å². The molecule has 0 atom stereocenters. The van der Waals surface area contributed by atoms with Gasteiger partial charge in [0.15, 0.2) is 0 Å². The largest absolute Gasteiger partial charge is 0.505 e. The van der Waals surface area contributed by atoms with E-state index in [0.29, 0.717) is 28.1 Å². The van der Waals surface area contributed by atoms with Gasteiger partial charge in [0, 0.05) is 74.2 Å². The van der Waals surface area contributed by atoms with Gasteiger partial charge in [-0.15, -0.1) is 0 Å². The molecule has 1 aliphatic rings. The Labute approximate surface area is 228 Å². The zero-order valence-corrected chi connectivity index (χ0v) is 23.4. The average molecular weight is 531 g/mol. The van der Waals surface area contributed by atoms with Crippen molar-refractivity contribution in [1.29, 1.82) is 0 Å². The molecule has 0 amide bonds. The van der Waals surface area contributed by atoms with Crippen molar-refractivity contribution < 1.29 is 9.50 Å². The average Bonchev–Trinajstić information content (AvgIpc) is 3.22. The third-order valence-electron chi connectivity index (χ3n) is 7.49. The lowest BCUT2D eigenvalue weighted by molar-refractivity contribution is 0.128. The normalized spacial score (nSPS) is 14.7. The number of aromatic nitrogens is 4. The molecule has 1 N–H and O–H groups in total. The summed E-state index contributed by atoms with van der Waals surface area (Å²) in [5, 5.41) is 11.3. The number of imidazole rings is 1. The number of aromatic hydroxyl groups is 1. The first-order valence-corrected chi connectivity index (χ1v) is 13.2. The lowest BCUT2D eigenvalue weighted by atomic mass is 10.00. The van der Waals surface area contributed by atoms with E-state index in [1.807, 2.05) is 19.9 Å². The van der Waals surface area contributed by atoms with Gasteiger partial charge in [-0.3, -0.25) is 14.5 Å². The van der Waals surface area contributed by atoms with Crippen LogP contribution in [0, 0.1) is 19.7 Å². The van der Waals surface area contributed by atoms with E-state index < -0.39 is 5.82 Å². The Kier molecular flexibility index (Phi) is 6.80. The molecule has 4 aromatic rings. The lowest BCUT2D eigenvalue weighted by Crippen LogP contribution is -2.53. The van der Waals surface area contributed by atoms with Crippen LogP contribution in [0.25, 0.3) is 28.1 Å². The molecule has 1 aliphatic heterocycles. The maximum Gasteiger partial charge on any atom is 0.332 e. The van der Waals surface area contributed by atoms with Crippen LogP contribution < -0.4 is 10.6 Å². The van der Waals surface area contributed by atoms with Crippen LogP contribution in [-0.4, -0.2) is 60.8 Å². The number of rotatable bonds is 4. The van der Waals surface area contributed by atoms with Crippen molar-refractivity contribution in [3.05, 3.63) is 76.6 Å². The highest BCUT2D eigenvalue weighted by atomic mass is 19.1. The first kappa shape index (κ1) is 26.6. The smallest absolute Gasteiger partial charge is 0.332 e. The number of anilines is 1. The molecule has 204 valence electrons. The van der Waals surface area contributed by atoms with Crippen LogP contribution in [0.5, 0.6) is 5.75 Å². The molecule has 1 aromatic carbocycles. The first-order valence-electron chi connectivity index (χ1n) is 13.2. The molecule has 3 aromatic heterocycles. The number of halogens is 1. The third kappa shape index (κ3) is 5.06. The van der Waals surface area contributed by atoms with Crippen LogP contribution in [0.3, 0.4) is 0 Å². The molecule has 8 nitrogen and oxygen atoms in total. The molecule has 1 saturated heterocycles. The van der Waals surface area contributed by atoms with Gasteiger partial charge >= 0.3 is 5.69 Å². The Hall–Kier alpha value is -3.98. The summed E-state index contributed by atoms with van der Waals surface area (Å²) >= 11 is 0. The van der Waals surface area contributed by atoms with Gasteiger partial charge in [0.2, 0.25) is 0 Å². The summed E-state index contributed by atoms with van der Waals surface area (Å²) in [6, 6.07) is 8.34. The monoisotopic (exact) mass is 530 g/mol. The maximum atomic E-state index is 15.2. The van der Waals surface area contributed by atoms with Gasteiger partial charge in [-0.25, -0.2) is 14.2 Å². The summed E-state index contributed by atoms with van der Waals surface area (Å²) in [7, 11) is 1.61. The van der Waals surface area contributed by atoms with Crippen molar-refractivity contribution in [2.24, 2.45) is 7.05 Å². The van der Waals surface area contributed by atoms with Gasteiger partial charge in [0.1, 0.15) is 17.3 Å². The summed E-state index contributed by atoms with van der Waals surface area (Å²) in [5.41, 5.74) is 4.61. The second-order valence-electron chi connectivity index (χ2n) is 11.2. The Bertz CT molecular complexity index is 1590. The van der Waals surface area contributed by atoms with E-state index in [-0.39, 0.29) is 22.7 Å². The highest BCUT2D eigenvalue weighted by Gasteiger charge is 2.27. The molecule has 0 unspecified atom stereocenters. The molecule has 5 rings (SSSR count). The van der Waals surface area contributed by atoms with E-state index in [4.69, 9.17) is 0 Å². The minimum atomic E-state index is -0.565. The number of hydrogen-bond donors (Lipinski definition) is 1. The van der Waals surface area contributed by atoms with Gasteiger partial charge in [-0.1, -0.05) is 6.07 Å². The summed E-state index contributed by atoms with van der Waals surface area (Å²) in [6.07, 6.45) is 4.83. The van der Waals surface area contributed by atoms with E-state index in [9.17, 15) is 9.90 Å². The molecule has 39 heavy (non-hydrogen) atoms. The van der Waals surface area contributed by atoms with Crippen LogP contribution in [-0.2, 0) is 7.05 Å². The summed E-state index contributed by atoms with van der Waals surface area (Å²) < 4.78 is 17.8. The second kappa shape index (κ2) is 9.96. The summed E-state index contributed by atoms with van der Waals surface area (Å²) in [5.74, 6) is -0.608. The molecule has 0 saturated carbocycles. The number of nitrogens with zero attached hydrogens (tertiary/aromatic N) is 6. The lowest BCUT2D eigenvalue weighted by Gasteiger charge is -2.43. The molecule has 1 fully saturated rings. The number of pyridine rings is 2. The van der Waals surface area contributed by atoms with Gasteiger partial charge in [0.05, 0.1) is 17.1 Å². The maximum absolute atomic E-state index is 15.2. The van der Waals surface area contributed by atoms with E-state index in [0.717, 1.165) is 37.6 Å². The van der Waals surface area contributed by atoms with Crippen LogP contribution >= 0.6 is 0 Å². The van der Waals surface area contributed by atoms with Crippen molar-refractivity contribution in [2.75, 3.05) is 31.1 Å². The molecule has 0 aliphatic carbocycles. The summed E-state index contributed by atoms with van der Waals surface area (Å²) in [4.78, 5) is 26.4. The molecule has 0 bridgehead atoms. The van der Waals surface area contributed by atoms with Crippen LogP contribution in [0.15, 0.2) is 53.7 Å². The fraction of sp³-hybridized carbons (Fsp3) is 0.367. The number of piperazine rings is 1. The molecular formula is C30H35FN6O2. The van der Waals surface area contributed by atoms with Gasteiger partial charge in [0.25, 0.3) is 0 Å². The quantitative estimate of drug-likeness (QED) is 0.413. The minimum absolute atomic E-state index is 0.0428. The van der Waals surface area contributed by atoms with Crippen molar-refractivity contribution in [2.45, 2.75) is 40.2 Å². The van der Waals surface area contributed by atoms with Crippen LogP contribution in [0.4, 0.5) is 10.1 Å². The van der Waals surface area contributed by atoms with Crippen LogP contribution in [0.2, 0.25) is 0 Å². The van der Waals surface area contributed by atoms with Crippen LogP contribution in [0.1, 0.15) is 32.2 Å². The fourth-order valence-electron chi connectivity index (χ4n) is 5.19. The predicted molar refractivity (Wildman–Crippen MR) is 152 cm³/mol. The number of hydrogen-bond acceptors (Lipinski definition) is 6. The van der Waals surface area contributed by atoms with Gasteiger partial charge < -0.3 is 14.6 Å². The molecule has 0 radical (unpaired) electrons. The van der Waals surface area contributed by atoms with Crippen molar-refractivity contribution in [3.63, 3.8) is 0 Å². The van der Waals surface area contributed by atoms with Crippen molar-refractivity contribution in [3.8, 4) is 33.8 Å². The van der Waals surface area contributed by atoms with Gasteiger partial charge in [-0.2, -0.15) is 0 Å². The first-order chi connectivity index (χ1) is 18.4. The Balaban J connectivity index is 1.50. The Morgan fingerprint density at radius 1 is 0.949 bits per heavy atom. The molecule has 4 heterocycles. The van der Waals surface area contributed by atoms with Crippen molar-refractivity contribution >= 4 is 5.69 Å². The van der Waals surface area contributed by atoms with Gasteiger partial charge in [-0.05, 0) is 64.4 Å². The van der Waals surface area contributed by atoms with E-state index in [2.05, 4.69) is 40.5 Å². The fourth-order valence-corrected chi connectivity index (χ4v) is 5.19. The highest BCUT2D eigenvalue weighted by molar-refractivity contribution is 5.81. The van der Waals surface area contributed by atoms with E-state index in [1.165, 1.54) is 21.4 Å². The minimum Gasteiger partial charge on any atom is -0.505 e. The summed E-state index contributed by atoms with van der Waals surface area (Å²) in [6.45, 7) is 14.2. The van der Waals surface area contributed by atoms with E-state index >= 15 is 4.39 Å². The topological polar surface area (TPSA) is 79.4 Å². The number of benzene rings is 1. The molecule has 0 spiro atoms. The predicted octanol–water partition coefficient (Wildman–Crippen LogP) is 4.68. The SMILES string of the molecule is Cc1cc(-c2ccc(-n3ccn(C)c3=O)c(F)c2)c(O)c(-c2cnc(C)c(N3CCN(C(C)(C)C)CC3)c2)n1. The highest BCUT2D eigenvalue weighted by Crippen LogP contribution is 2.39. The molecule has 9 heteroatoms. The Morgan fingerprint density at radius 2 is 1.67 bits per heavy atom. The number of aryl methyl sites for hydroxylation is 3.